The normalized spacial score (nSPS) is 12.0. The Morgan fingerprint density at radius 1 is 1.38 bits per heavy atom. The van der Waals surface area contributed by atoms with E-state index in [1.807, 2.05) is 20.8 Å². The predicted octanol–water partition coefficient (Wildman–Crippen LogP) is 3.01. The average molecular weight is 349 g/mol. The first-order valence-electron chi connectivity index (χ1n) is 7.73. The molecule has 0 fully saturated rings. The van der Waals surface area contributed by atoms with Gasteiger partial charge in [0, 0.05) is 25.2 Å². The quantitative estimate of drug-likeness (QED) is 0.719. The fraction of sp³-hybridized carbons (Fsp3) is 0.471. The number of carbonyl (C=O) groups excluding carboxylic acids is 1. The molecule has 0 aromatic carbocycles. The third-order valence-electron chi connectivity index (χ3n) is 3.75. The number of nitrogens with zero attached hydrogens (tertiary/aromatic N) is 3. The fourth-order valence-corrected chi connectivity index (χ4v) is 3.39. The van der Waals surface area contributed by atoms with Gasteiger partial charge in [0.2, 0.25) is 5.88 Å². The van der Waals surface area contributed by atoms with Crippen LogP contribution < -0.4 is 4.74 Å². The molecule has 0 saturated carbocycles. The van der Waals surface area contributed by atoms with Gasteiger partial charge in [-0.15, -0.1) is 11.3 Å². The molecule has 0 radical (unpaired) electrons. The highest BCUT2D eigenvalue weighted by Crippen LogP contribution is 2.30. The van der Waals surface area contributed by atoms with Gasteiger partial charge in [0.05, 0.1) is 23.4 Å². The summed E-state index contributed by atoms with van der Waals surface area (Å²) in [7, 11) is 3.39. The number of carbonyl (C=O) groups is 1. The maximum atomic E-state index is 12.9. The standard InChI is InChI=1S/C17H23N3O3S/c1-11-15(24-13(3)19-11)12(2)20(4)17(21)14-7-6-8-18-16(14)23-10-9-22-5/h6-8,12H,9-10H2,1-5H3/t12-/m1/s1. The van der Waals surface area contributed by atoms with E-state index in [9.17, 15) is 4.79 Å². The first kappa shape index (κ1) is 18.4. The number of hydrogen-bond donors (Lipinski definition) is 0. The summed E-state index contributed by atoms with van der Waals surface area (Å²) in [6.07, 6.45) is 1.61. The van der Waals surface area contributed by atoms with Crippen molar-refractivity contribution in [1.29, 1.82) is 0 Å². The van der Waals surface area contributed by atoms with Gasteiger partial charge >= 0.3 is 0 Å². The van der Waals surface area contributed by atoms with Crippen LogP contribution in [0.4, 0.5) is 0 Å². The molecule has 1 atom stereocenters. The lowest BCUT2D eigenvalue weighted by Gasteiger charge is -2.25. The average Bonchev–Trinajstić information content (AvgIpc) is 2.92. The third-order valence-corrected chi connectivity index (χ3v) is 4.99. The van der Waals surface area contributed by atoms with Crippen LogP contribution in [0.2, 0.25) is 0 Å². The van der Waals surface area contributed by atoms with E-state index in [4.69, 9.17) is 9.47 Å². The zero-order valence-electron chi connectivity index (χ0n) is 14.7. The molecule has 2 aromatic heterocycles. The Labute approximate surface area is 146 Å². The minimum Gasteiger partial charge on any atom is -0.475 e. The lowest BCUT2D eigenvalue weighted by Crippen LogP contribution is -2.30. The lowest BCUT2D eigenvalue weighted by atomic mass is 10.1. The summed E-state index contributed by atoms with van der Waals surface area (Å²) in [6.45, 7) is 6.73. The summed E-state index contributed by atoms with van der Waals surface area (Å²) < 4.78 is 10.5. The van der Waals surface area contributed by atoms with E-state index >= 15 is 0 Å². The number of pyridine rings is 1. The van der Waals surface area contributed by atoms with Crippen molar-refractivity contribution in [3.8, 4) is 5.88 Å². The Morgan fingerprint density at radius 2 is 2.12 bits per heavy atom. The summed E-state index contributed by atoms with van der Waals surface area (Å²) >= 11 is 1.62. The van der Waals surface area contributed by atoms with E-state index in [1.165, 1.54) is 0 Å². The van der Waals surface area contributed by atoms with Crippen LogP contribution in [0.25, 0.3) is 0 Å². The molecule has 0 saturated heterocycles. The van der Waals surface area contributed by atoms with Gasteiger partial charge in [-0.2, -0.15) is 0 Å². The van der Waals surface area contributed by atoms with Crippen molar-refractivity contribution in [3.63, 3.8) is 0 Å². The summed E-state index contributed by atoms with van der Waals surface area (Å²) in [4.78, 5) is 24.3. The number of ether oxygens (including phenoxy) is 2. The van der Waals surface area contributed by atoms with E-state index in [1.54, 1.807) is 48.7 Å². The van der Waals surface area contributed by atoms with Crippen LogP contribution in [0, 0.1) is 13.8 Å². The van der Waals surface area contributed by atoms with Gasteiger partial charge in [0.15, 0.2) is 0 Å². The Morgan fingerprint density at radius 3 is 2.75 bits per heavy atom. The van der Waals surface area contributed by atoms with Crippen LogP contribution >= 0.6 is 11.3 Å². The maximum Gasteiger partial charge on any atom is 0.259 e. The van der Waals surface area contributed by atoms with Crippen molar-refractivity contribution in [1.82, 2.24) is 14.9 Å². The Bertz CT molecular complexity index is 702. The van der Waals surface area contributed by atoms with Gasteiger partial charge in [0.1, 0.15) is 12.2 Å². The first-order chi connectivity index (χ1) is 11.5. The number of methoxy groups -OCH3 is 1. The van der Waals surface area contributed by atoms with E-state index < -0.39 is 0 Å². The molecule has 2 aromatic rings. The molecule has 2 heterocycles. The zero-order chi connectivity index (χ0) is 17.7. The molecule has 0 aliphatic carbocycles. The summed E-state index contributed by atoms with van der Waals surface area (Å²) in [5, 5.41) is 1.00. The molecule has 0 aliphatic heterocycles. The fourth-order valence-electron chi connectivity index (χ4n) is 2.37. The maximum absolute atomic E-state index is 12.9. The predicted molar refractivity (Wildman–Crippen MR) is 93.7 cm³/mol. The number of hydrogen-bond acceptors (Lipinski definition) is 6. The van der Waals surface area contributed by atoms with Gasteiger partial charge in [-0.3, -0.25) is 4.79 Å². The van der Waals surface area contributed by atoms with Crippen LogP contribution in [0.1, 0.15) is 38.9 Å². The number of aromatic nitrogens is 2. The highest BCUT2D eigenvalue weighted by Gasteiger charge is 2.25. The van der Waals surface area contributed by atoms with Crippen LogP contribution in [-0.4, -0.2) is 48.1 Å². The van der Waals surface area contributed by atoms with E-state index in [0.717, 1.165) is 15.6 Å². The van der Waals surface area contributed by atoms with Gasteiger partial charge < -0.3 is 14.4 Å². The summed E-state index contributed by atoms with van der Waals surface area (Å²) in [5.41, 5.74) is 1.41. The third kappa shape index (κ3) is 4.10. The number of amides is 1. The molecular weight excluding hydrogens is 326 g/mol. The number of thiazole rings is 1. The van der Waals surface area contributed by atoms with Gasteiger partial charge in [-0.05, 0) is 32.9 Å². The molecule has 0 bridgehead atoms. The highest BCUT2D eigenvalue weighted by molar-refractivity contribution is 7.11. The van der Waals surface area contributed by atoms with E-state index in [0.29, 0.717) is 24.7 Å². The Kier molecular flexibility index (Phi) is 6.28. The second-order valence-corrected chi connectivity index (χ2v) is 6.71. The van der Waals surface area contributed by atoms with Crippen molar-refractivity contribution in [2.45, 2.75) is 26.8 Å². The molecule has 0 N–H and O–H groups in total. The molecule has 0 spiro atoms. The van der Waals surface area contributed by atoms with Gasteiger partial charge in [0.25, 0.3) is 5.91 Å². The van der Waals surface area contributed by atoms with Crippen molar-refractivity contribution < 1.29 is 14.3 Å². The molecule has 0 unspecified atom stereocenters. The number of rotatable bonds is 7. The van der Waals surface area contributed by atoms with Crippen LogP contribution in [0.15, 0.2) is 18.3 Å². The smallest absolute Gasteiger partial charge is 0.259 e. The summed E-state index contributed by atoms with van der Waals surface area (Å²) in [5.74, 6) is 0.198. The molecule has 2 rings (SSSR count). The molecule has 24 heavy (non-hydrogen) atoms. The summed E-state index contributed by atoms with van der Waals surface area (Å²) in [6, 6.07) is 3.39. The SMILES string of the molecule is COCCOc1ncccc1C(=O)N(C)[C@H](C)c1sc(C)nc1C. The van der Waals surface area contributed by atoms with E-state index in [2.05, 4.69) is 9.97 Å². The van der Waals surface area contributed by atoms with Crippen LogP contribution in [0.3, 0.4) is 0 Å². The monoisotopic (exact) mass is 349 g/mol. The number of aryl methyl sites for hydroxylation is 2. The Hall–Kier alpha value is -1.99. The topological polar surface area (TPSA) is 64.6 Å². The minimum absolute atomic E-state index is 0.0734. The zero-order valence-corrected chi connectivity index (χ0v) is 15.5. The Balaban J connectivity index is 2.20. The second kappa shape index (κ2) is 8.21. The van der Waals surface area contributed by atoms with Crippen molar-refractivity contribution in [2.75, 3.05) is 27.4 Å². The second-order valence-electron chi connectivity index (χ2n) is 5.47. The van der Waals surface area contributed by atoms with E-state index in [-0.39, 0.29) is 11.9 Å². The van der Waals surface area contributed by atoms with Crippen molar-refractivity contribution in [2.24, 2.45) is 0 Å². The molecular formula is C17H23N3O3S. The lowest BCUT2D eigenvalue weighted by molar-refractivity contribution is 0.0736. The van der Waals surface area contributed by atoms with Gasteiger partial charge in [-0.25, -0.2) is 9.97 Å². The van der Waals surface area contributed by atoms with Crippen LogP contribution in [0.5, 0.6) is 5.88 Å². The molecule has 130 valence electrons. The first-order valence-corrected chi connectivity index (χ1v) is 8.55. The molecule has 6 nitrogen and oxygen atoms in total. The van der Waals surface area contributed by atoms with Crippen molar-refractivity contribution in [3.05, 3.63) is 39.5 Å². The molecule has 0 aliphatic rings. The molecule has 7 heteroatoms. The molecule has 1 amide bonds. The highest BCUT2D eigenvalue weighted by atomic mass is 32.1. The minimum atomic E-state index is -0.131. The van der Waals surface area contributed by atoms with Gasteiger partial charge in [-0.1, -0.05) is 0 Å². The van der Waals surface area contributed by atoms with Crippen molar-refractivity contribution >= 4 is 17.2 Å². The van der Waals surface area contributed by atoms with Crippen LogP contribution in [-0.2, 0) is 4.74 Å². The largest absolute Gasteiger partial charge is 0.475 e.